The largest absolute Gasteiger partial charge is 0.197 e. The molecule has 1 fully saturated rings. The van der Waals surface area contributed by atoms with Gasteiger partial charge in [-0.25, -0.2) is 0 Å². The Bertz CT molecular complexity index is 421. The van der Waals surface area contributed by atoms with Crippen molar-refractivity contribution in [3.05, 3.63) is 34.3 Å². The first kappa shape index (κ1) is 13.6. The predicted molar refractivity (Wildman–Crippen MR) is 78.3 cm³/mol. The number of hydrogen-bond acceptors (Lipinski definition) is 1. The smallest absolute Gasteiger partial charge is 0.0822 e. The van der Waals surface area contributed by atoms with Gasteiger partial charge in [-0.3, -0.25) is 0 Å². The minimum absolute atomic E-state index is 0.231. The zero-order valence-corrected chi connectivity index (χ0v) is 12.5. The minimum atomic E-state index is -0.231. The van der Waals surface area contributed by atoms with Gasteiger partial charge in [0, 0.05) is 4.47 Å². The van der Waals surface area contributed by atoms with Gasteiger partial charge in [0.2, 0.25) is 0 Å². The Morgan fingerprint density at radius 3 is 2.39 bits per heavy atom. The molecule has 1 saturated carbocycles. The van der Waals surface area contributed by atoms with Crippen LogP contribution in [-0.2, 0) is 5.41 Å². The van der Waals surface area contributed by atoms with Gasteiger partial charge < -0.3 is 0 Å². The summed E-state index contributed by atoms with van der Waals surface area (Å²) in [6.07, 6.45) is 7.05. The first-order chi connectivity index (χ1) is 8.70. The first-order valence-corrected chi connectivity index (χ1v) is 7.67. The molecule has 0 aliphatic heterocycles. The lowest BCUT2D eigenvalue weighted by Gasteiger charge is -2.35. The average molecular weight is 306 g/mol. The number of benzene rings is 1. The molecule has 0 saturated heterocycles. The highest BCUT2D eigenvalue weighted by Gasteiger charge is 2.36. The fraction of sp³-hybridized carbons (Fsp3) is 0.562. The zero-order chi connectivity index (χ0) is 13.0. The summed E-state index contributed by atoms with van der Waals surface area (Å²) in [5, 5.41) is 9.62. The van der Waals surface area contributed by atoms with Crippen molar-refractivity contribution in [2.45, 2.75) is 50.9 Å². The molecule has 0 bridgehead atoms. The van der Waals surface area contributed by atoms with Crippen molar-refractivity contribution in [1.29, 1.82) is 5.26 Å². The van der Waals surface area contributed by atoms with Gasteiger partial charge in [-0.05, 0) is 49.3 Å². The van der Waals surface area contributed by atoms with Crippen molar-refractivity contribution >= 4 is 15.9 Å². The van der Waals surface area contributed by atoms with Crippen molar-refractivity contribution in [2.24, 2.45) is 5.92 Å². The quantitative estimate of drug-likeness (QED) is 0.753. The molecule has 0 spiro atoms. The summed E-state index contributed by atoms with van der Waals surface area (Å²) >= 11 is 3.46. The third-order valence-corrected chi connectivity index (χ3v) is 4.80. The normalized spacial score (nSPS) is 27.7. The molecule has 1 aliphatic rings. The number of nitriles is 1. The molecule has 0 unspecified atom stereocenters. The number of halogens is 1. The average Bonchev–Trinajstić information content (AvgIpc) is 2.41. The maximum Gasteiger partial charge on any atom is 0.0822 e. The Balaban J connectivity index is 2.14. The van der Waals surface area contributed by atoms with Crippen LogP contribution in [0.1, 0.15) is 51.0 Å². The Morgan fingerprint density at radius 1 is 1.28 bits per heavy atom. The van der Waals surface area contributed by atoms with Crippen LogP contribution < -0.4 is 0 Å². The molecule has 96 valence electrons. The second-order valence-electron chi connectivity index (χ2n) is 5.43. The molecule has 0 aromatic heterocycles. The molecular formula is C16H20BrN. The SMILES string of the molecule is CCCC1CCC(C#N)(c2ccc(Br)cc2)CC1. The summed E-state index contributed by atoms with van der Waals surface area (Å²) in [6.45, 7) is 2.25. The monoisotopic (exact) mass is 305 g/mol. The topological polar surface area (TPSA) is 23.8 Å². The second kappa shape index (κ2) is 5.89. The highest BCUT2D eigenvalue weighted by Crippen LogP contribution is 2.42. The van der Waals surface area contributed by atoms with Gasteiger partial charge in [0.25, 0.3) is 0 Å². The van der Waals surface area contributed by atoms with Crippen LogP contribution in [0.25, 0.3) is 0 Å². The summed E-state index contributed by atoms with van der Waals surface area (Å²) in [5.41, 5.74) is 0.966. The van der Waals surface area contributed by atoms with Crippen LogP contribution in [0.4, 0.5) is 0 Å². The molecule has 0 N–H and O–H groups in total. The van der Waals surface area contributed by atoms with E-state index in [1.807, 2.05) is 12.1 Å². The molecule has 0 atom stereocenters. The molecule has 0 amide bonds. The molecule has 1 nitrogen and oxygen atoms in total. The van der Waals surface area contributed by atoms with Crippen LogP contribution in [0.2, 0.25) is 0 Å². The summed E-state index contributed by atoms with van der Waals surface area (Å²) in [6, 6.07) is 10.9. The Kier molecular flexibility index (Phi) is 4.45. The maximum atomic E-state index is 9.62. The van der Waals surface area contributed by atoms with Gasteiger partial charge in [-0.1, -0.05) is 47.8 Å². The van der Waals surface area contributed by atoms with Crippen molar-refractivity contribution in [2.75, 3.05) is 0 Å². The van der Waals surface area contributed by atoms with Crippen LogP contribution in [0.5, 0.6) is 0 Å². The standard InChI is InChI=1S/C16H20BrN/c1-2-3-13-8-10-16(12-18,11-9-13)14-4-6-15(17)7-5-14/h4-7,13H,2-3,8-11H2,1H3. The van der Waals surface area contributed by atoms with Gasteiger partial charge >= 0.3 is 0 Å². The highest BCUT2D eigenvalue weighted by atomic mass is 79.9. The van der Waals surface area contributed by atoms with Gasteiger partial charge in [0.1, 0.15) is 0 Å². The van der Waals surface area contributed by atoms with Gasteiger partial charge in [-0.2, -0.15) is 5.26 Å². The van der Waals surface area contributed by atoms with E-state index in [1.54, 1.807) is 0 Å². The van der Waals surface area contributed by atoms with E-state index in [0.29, 0.717) is 0 Å². The van der Waals surface area contributed by atoms with Crippen molar-refractivity contribution in [1.82, 2.24) is 0 Å². The van der Waals surface area contributed by atoms with E-state index in [-0.39, 0.29) is 5.41 Å². The van der Waals surface area contributed by atoms with Crippen molar-refractivity contribution in [3.8, 4) is 6.07 Å². The minimum Gasteiger partial charge on any atom is -0.197 e. The predicted octanol–water partition coefficient (Wildman–Crippen LogP) is 5.20. The van der Waals surface area contributed by atoms with Gasteiger partial charge in [0.05, 0.1) is 11.5 Å². The van der Waals surface area contributed by atoms with Crippen LogP contribution in [0.3, 0.4) is 0 Å². The van der Waals surface area contributed by atoms with Crippen LogP contribution in [0.15, 0.2) is 28.7 Å². The van der Waals surface area contributed by atoms with E-state index in [1.165, 1.54) is 31.2 Å². The van der Waals surface area contributed by atoms with Crippen LogP contribution >= 0.6 is 15.9 Å². The van der Waals surface area contributed by atoms with E-state index in [0.717, 1.165) is 23.2 Å². The third-order valence-electron chi connectivity index (χ3n) is 4.27. The van der Waals surface area contributed by atoms with E-state index in [9.17, 15) is 5.26 Å². The zero-order valence-electron chi connectivity index (χ0n) is 11.0. The molecule has 1 aliphatic carbocycles. The molecule has 1 aromatic carbocycles. The summed E-state index contributed by atoms with van der Waals surface area (Å²) in [7, 11) is 0. The lowest BCUT2D eigenvalue weighted by atomic mass is 9.67. The molecule has 0 radical (unpaired) electrons. The third kappa shape index (κ3) is 2.78. The van der Waals surface area contributed by atoms with E-state index in [2.05, 4.69) is 41.1 Å². The van der Waals surface area contributed by atoms with Crippen molar-refractivity contribution < 1.29 is 0 Å². The first-order valence-electron chi connectivity index (χ1n) is 6.87. The highest BCUT2D eigenvalue weighted by molar-refractivity contribution is 9.10. The summed E-state index contributed by atoms with van der Waals surface area (Å²) < 4.78 is 1.08. The van der Waals surface area contributed by atoms with E-state index in [4.69, 9.17) is 0 Å². The summed E-state index contributed by atoms with van der Waals surface area (Å²) in [5.74, 6) is 0.840. The van der Waals surface area contributed by atoms with Gasteiger partial charge in [0.15, 0.2) is 0 Å². The van der Waals surface area contributed by atoms with Gasteiger partial charge in [-0.15, -0.1) is 0 Å². The number of hydrogen-bond donors (Lipinski definition) is 0. The molecule has 0 heterocycles. The van der Waals surface area contributed by atoms with E-state index >= 15 is 0 Å². The van der Waals surface area contributed by atoms with Crippen LogP contribution in [-0.4, -0.2) is 0 Å². The fourth-order valence-corrected chi connectivity index (χ4v) is 3.37. The fourth-order valence-electron chi connectivity index (χ4n) is 3.10. The second-order valence-corrected chi connectivity index (χ2v) is 6.35. The van der Waals surface area contributed by atoms with Crippen molar-refractivity contribution in [3.63, 3.8) is 0 Å². The molecular weight excluding hydrogens is 286 g/mol. The van der Waals surface area contributed by atoms with E-state index < -0.39 is 0 Å². The van der Waals surface area contributed by atoms with Crippen LogP contribution in [0, 0.1) is 17.2 Å². The Hall–Kier alpha value is -0.810. The Morgan fingerprint density at radius 2 is 1.89 bits per heavy atom. The number of nitrogens with zero attached hydrogens (tertiary/aromatic N) is 1. The lowest BCUT2D eigenvalue weighted by molar-refractivity contribution is 0.265. The number of rotatable bonds is 3. The molecule has 1 aromatic rings. The summed E-state index contributed by atoms with van der Waals surface area (Å²) in [4.78, 5) is 0. The lowest BCUT2D eigenvalue weighted by Crippen LogP contribution is -2.30. The molecule has 18 heavy (non-hydrogen) atoms. The molecule has 2 heteroatoms. The maximum absolute atomic E-state index is 9.62. The Labute approximate surface area is 118 Å². The molecule has 2 rings (SSSR count).